The molecule has 2 aromatic heterocycles. The van der Waals surface area contributed by atoms with Gasteiger partial charge >= 0.3 is 0 Å². The van der Waals surface area contributed by atoms with Crippen LogP contribution in [0.5, 0.6) is 0 Å². The first-order valence-electron chi connectivity index (χ1n) is 3.94. The highest BCUT2D eigenvalue weighted by molar-refractivity contribution is 9.08. The molecule has 2 heterocycles. The van der Waals surface area contributed by atoms with Gasteiger partial charge in [0.15, 0.2) is 5.43 Å². The van der Waals surface area contributed by atoms with Crippen molar-refractivity contribution in [3.8, 4) is 0 Å². The number of alkyl halides is 1. The average molecular weight is 257 g/mol. The minimum Gasteiger partial charge on any atom is -0.359 e. The highest BCUT2D eigenvalue weighted by atomic mass is 79.9. The molecule has 0 spiro atoms. The van der Waals surface area contributed by atoms with Crippen molar-refractivity contribution >= 4 is 26.8 Å². The van der Waals surface area contributed by atoms with E-state index < -0.39 is 5.95 Å². The van der Waals surface area contributed by atoms with Gasteiger partial charge in [-0.1, -0.05) is 15.9 Å². The molecule has 14 heavy (non-hydrogen) atoms. The van der Waals surface area contributed by atoms with Gasteiger partial charge < -0.3 is 4.98 Å². The van der Waals surface area contributed by atoms with Crippen LogP contribution in [0.4, 0.5) is 4.39 Å². The molecule has 72 valence electrons. The Balaban J connectivity index is 2.87. The third-order valence-corrected chi connectivity index (χ3v) is 2.56. The first-order chi connectivity index (χ1) is 6.72. The van der Waals surface area contributed by atoms with Crippen molar-refractivity contribution in [3.05, 3.63) is 40.2 Å². The molecule has 0 radical (unpaired) electrons. The quantitative estimate of drug-likeness (QED) is 0.627. The molecule has 0 aromatic carbocycles. The van der Waals surface area contributed by atoms with Crippen LogP contribution < -0.4 is 5.43 Å². The largest absolute Gasteiger partial charge is 0.359 e. The molecular formula is C9H6BrFN2O. The molecule has 1 N–H and O–H groups in total. The van der Waals surface area contributed by atoms with Gasteiger partial charge in [0.25, 0.3) is 0 Å². The van der Waals surface area contributed by atoms with Crippen molar-refractivity contribution < 1.29 is 4.39 Å². The summed E-state index contributed by atoms with van der Waals surface area (Å²) in [5.74, 6) is -0.644. The van der Waals surface area contributed by atoms with Gasteiger partial charge in [-0.3, -0.25) is 4.79 Å². The van der Waals surface area contributed by atoms with E-state index in [1.54, 1.807) is 6.20 Å². The van der Waals surface area contributed by atoms with E-state index in [0.717, 1.165) is 6.07 Å². The number of aromatic nitrogens is 2. The van der Waals surface area contributed by atoms with Crippen molar-refractivity contribution in [1.29, 1.82) is 0 Å². The Morgan fingerprint density at radius 2 is 2.36 bits per heavy atom. The highest BCUT2D eigenvalue weighted by Crippen LogP contribution is 2.08. The summed E-state index contributed by atoms with van der Waals surface area (Å²) >= 11 is 3.18. The number of halogens is 2. The number of H-pyrrole nitrogens is 1. The predicted octanol–water partition coefficient (Wildman–Crippen LogP) is 1.96. The molecule has 0 aliphatic rings. The second-order valence-electron chi connectivity index (χ2n) is 2.83. The normalized spacial score (nSPS) is 10.7. The standard InChI is InChI=1S/C9H6BrFN2O/c10-2-5-3-12-7-4-13-8(11)1-6(7)9(5)14/h1,3-4H,2H2,(H,12,14). The highest BCUT2D eigenvalue weighted by Gasteiger charge is 2.05. The van der Waals surface area contributed by atoms with Crippen LogP contribution in [0.3, 0.4) is 0 Å². The molecule has 2 rings (SSSR count). The molecule has 0 aliphatic carbocycles. The summed E-state index contributed by atoms with van der Waals surface area (Å²) in [6, 6.07) is 1.14. The van der Waals surface area contributed by atoms with E-state index in [1.807, 2.05) is 0 Å². The Bertz CT molecular complexity index is 538. The zero-order chi connectivity index (χ0) is 10.1. The Labute approximate surface area is 87.1 Å². The van der Waals surface area contributed by atoms with Gasteiger partial charge in [-0.25, -0.2) is 4.98 Å². The molecule has 0 bridgehead atoms. The Hall–Kier alpha value is -1.23. The Morgan fingerprint density at radius 1 is 1.57 bits per heavy atom. The van der Waals surface area contributed by atoms with Crippen molar-refractivity contribution in [3.63, 3.8) is 0 Å². The van der Waals surface area contributed by atoms with E-state index in [-0.39, 0.29) is 5.43 Å². The van der Waals surface area contributed by atoms with Crippen LogP contribution in [0.15, 0.2) is 23.3 Å². The molecule has 3 nitrogen and oxygen atoms in total. The van der Waals surface area contributed by atoms with Crippen LogP contribution in [0.1, 0.15) is 5.56 Å². The fraction of sp³-hybridized carbons (Fsp3) is 0.111. The third-order valence-electron chi connectivity index (χ3n) is 1.95. The van der Waals surface area contributed by atoms with Gasteiger partial charge in [-0.05, 0) is 0 Å². The molecule has 0 amide bonds. The molecule has 5 heteroatoms. The maximum atomic E-state index is 12.8. The lowest BCUT2D eigenvalue weighted by Crippen LogP contribution is -2.08. The molecule has 0 saturated carbocycles. The van der Waals surface area contributed by atoms with E-state index in [4.69, 9.17) is 0 Å². The second-order valence-corrected chi connectivity index (χ2v) is 3.39. The van der Waals surface area contributed by atoms with Gasteiger partial charge in [0.2, 0.25) is 5.95 Å². The summed E-state index contributed by atoms with van der Waals surface area (Å²) in [5, 5.41) is 0.775. The first-order valence-corrected chi connectivity index (χ1v) is 5.06. The number of nitrogens with zero attached hydrogens (tertiary/aromatic N) is 1. The molecule has 2 aromatic rings. The number of rotatable bonds is 1. The lowest BCUT2D eigenvalue weighted by molar-refractivity contribution is 0.586. The summed E-state index contributed by atoms with van der Waals surface area (Å²) in [7, 11) is 0. The maximum absolute atomic E-state index is 12.8. The van der Waals surface area contributed by atoms with Gasteiger partial charge in [0.1, 0.15) is 0 Å². The van der Waals surface area contributed by atoms with E-state index in [1.165, 1.54) is 6.20 Å². The van der Waals surface area contributed by atoms with Crippen molar-refractivity contribution in [2.45, 2.75) is 5.33 Å². The van der Waals surface area contributed by atoms with Gasteiger partial charge in [0, 0.05) is 23.2 Å². The van der Waals surface area contributed by atoms with Crippen molar-refractivity contribution in [2.24, 2.45) is 0 Å². The molecule has 0 fully saturated rings. The Kier molecular flexibility index (Phi) is 2.33. The zero-order valence-corrected chi connectivity index (χ0v) is 8.64. The fourth-order valence-corrected chi connectivity index (χ4v) is 1.65. The van der Waals surface area contributed by atoms with Crippen LogP contribution in [0.2, 0.25) is 0 Å². The molecule has 0 aliphatic heterocycles. The fourth-order valence-electron chi connectivity index (χ4n) is 1.24. The van der Waals surface area contributed by atoms with E-state index in [0.29, 0.717) is 21.8 Å². The number of nitrogens with one attached hydrogen (secondary N) is 1. The van der Waals surface area contributed by atoms with Crippen LogP contribution in [-0.4, -0.2) is 9.97 Å². The van der Waals surface area contributed by atoms with E-state index in [2.05, 4.69) is 25.9 Å². The molecule has 0 unspecified atom stereocenters. The van der Waals surface area contributed by atoms with Gasteiger partial charge in [-0.2, -0.15) is 4.39 Å². The minimum absolute atomic E-state index is 0.170. The number of aromatic amines is 1. The topological polar surface area (TPSA) is 45.8 Å². The molecule has 0 saturated heterocycles. The summed E-state index contributed by atoms with van der Waals surface area (Å²) in [4.78, 5) is 18.0. The molecule has 0 atom stereocenters. The smallest absolute Gasteiger partial charge is 0.213 e. The van der Waals surface area contributed by atoms with Crippen LogP contribution in [-0.2, 0) is 5.33 Å². The zero-order valence-electron chi connectivity index (χ0n) is 7.05. The number of hydrogen-bond donors (Lipinski definition) is 1. The third kappa shape index (κ3) is 1.43. The SMILES string of the molecule is O=c1c(CBr)c[nH]c2cnc(F)cc12. The van der Waals surface area contributed by atoms with Crippen LogP contribution in [0, 0.1) is 5.95 Å². The van der Waals surface area contributed by atoms with E-state index >= 15 is 0 Å². The van der Waals surface area contributed by atoms with Crippen LogP contribution in [0.25, 0.3) is 10.9 Å². The monoisotopic (exact) mass is 256 g/mol. The lowest BCUT2D eigenvalue weighted by atomic mass is 10.2. The van der Waals surface area contributed by atoms with Crippen molar-refractivity contribution in [2.75, 3.05) is 0 Å². The summed E-state index contributed by atoms with van der Waals surface area (Å²) in [6.45, 7) is 0. The maximum Gasteiger partial charge on any atom is 0.213 e. The van der Waals surface area contributed by atoms with E-state index in [9.17, 15) is 9.18 Å². The Morgan fingerprint density at radius 3 is 3.07 bits per heavy atom. The van der Waals surface area contributed by atoms with Gasteiger partial charge in [-0.15, -0.1) is 0 Å². The minimum atomic E-state index is -0.644. The van der Waals surface area contributed by atoms with Gasteiger partial charge in [0.05, 0.1) is 17.1 Å². The van der Waals surface area contributed by atoms with Crippen LogP contribution >= 0.6 is 15.9 Å². The summed E-state index contributed by atoms with van der Waals surface area (Å²) in [5.41, 5.74) is 0.945. The average Bonchev–Trinajstić information content (AvgIpc) is 2.20. The number of hydrogen-bond acceptors (Lipinski definition) is 2. The van der Waals surface area contributed by atoms with Crippen molar-refractivity contribution in [1.82, 2.24) is 9.97 Å². The number of fused-ring (bicyclic) bond motifs is 1. The predicted molar refractivity (Wildman–Crippen MR) is 55.0 cm³/mol. The molecular weight excluding hydrogens is 251 g/mol. The summed E-state index contributed by atoms with van der Waals surface area (Å²) in [6.07, 6.45) is 2.91. The summed E-state index contributed by atoms with van der Waals surface area (Å²) < 4.78 is 12.8. The first kappa shape index (κ1) is 9.33. The lowest BCUT2D eigenvalue weighted by Gasteiger charge is -1.99. The second kappa shape index (κ2) is 3.49. The number of pyridine rings is 2.